The van der Waals surface area contributed by atoms with E-state index in [9.17, 15) is 14.0 Å². The second kappa shape index (κ2) is 8.06. The molecule has 2 N–H and O–H groups in total. The van der Waals surface area contributed by atoms with Crippen LogP contribution >= 0.6 is 0 Å². The van der Waals surface area contributed by atoms with E-state index < -0.39 is 11.7 Å². The fourth-order valence-electron chi connectivity index (χ4n) is 3.92. The standard InChI is InChI=1S/C21H23FN4O2/c22-14-4-5-19-17(11-14)18(12-20(27)25-19)21(28)24-15-6-9-26(10-7-15)13-16-3-1-2-8-23-16/h1-5,8,11,15,18H,6-7,9-10,12-13H2,(H,24,28)(H,25,27). The van der Waals surface area contributed by atoms with Crippen molar-refractivity contribution in [2.75, 3.05) is 18.4 Å². The van der Waals surface area contributed by atoms with Crippen LogP contribution in [-0.2, 0) is 16.1 Å². The zero-order valence-corrected chi connectivity index (χ0v) is 15.5. The van der Waals surface area contributed by atoms with Crippen molar-refractivity contribution in [2.45, 2.75) is 37.8 Å². The van der Waals surface area contributed by atoms with E-state index in [0.29, 0.717) is 11.3 Å². The van der Waals surface area contributed by atoms with Crippen LogP contribution in [0.3, 0.4) is 0 Å². The van der Waals surface area contributed by atoms with Gasteiger partial charge in [0, 0.05) is 44.0 Å². The summed E-state index contributed by atoms with van der Waals surface area (Å²) in [5.41, 5.74) is 2.10. The first-order chi connectivity index (χ1) is 13.6. The van der Waals surface area contributed by atoms with E-state index in [0.717, 1.165) is 38.2 Å². The molecule has 2 amide bonds. The molecular formula is C21H23FN4O2. The van der Waals surface area contributed by atoms with Gasteiger partial charge in [-0.05, 0) is 48.7 Å². The van der Waals surface area contributed by atoms with Gasteiger partial charge in [0.1, 0.15) is 5.82 Å². The number of carbonyl (C=O) groups excluding carboxylic acids is 2. The predicted molar refractivity (Wildman–Crippen MR) is 103 cm³/mol. The Labute approximate surface area is 163 Å². The summed E-state index contributed by atoms with van der Waals surface area (Å²) >= 11 is 0. The second-order valence-corrected chi connectivity index (χ2v) is 7.42. The number of carbonyl (C=O) groups is 2. The summed E-state index contributed by atoms with van der Waals surface area (Å²) in [6, 6.07) is 10.1. The first-order valence-corrected chi connectivity index (χ1v) is 9.60. The molecule has 7 heteroatoms. The number of anilines is 1. The van der Waals surface area contributed by atoms with Gasteiger partial charge in [0.2, 0.25) is 11.8 Å². The van der Waals surface area contributed by atoms with Gasteiger partial charge in [-0.15, -0.1) is 0 Å². The number of pyridine rings is 1. The molecule has 1 aromatic carbocycles. The van der Waals surface area contributed by atoms with E-state index in [1.807, 2.05) is 18.2 Å². The smallest absolute Gasteiger partial charge is 0.228 e. The van der Waals surface area contributed by atoms with Crippen LogP contribution in [0.4, 0.5) is 10.1 Å². The van der Waals surface area contributed by atoms with E-state index in [1.54, 1.807) is 6.20 Å². The first-order valence-electron chi connectivity index (χ1n) is 9.60. The third kappa shape index (κ3) is 4.20. The van der Waals surface area contributed by atoms with Gasteiger partial charge in [0.25, 0.3) is 0 Å². The molecule has 0 bridgehead atoms. The van der Waals surface area contributed by atoms with Gasteiger partial charge in [0.15, 0.2) is 0 Å². The molecule has 2 aliphatic heterocycles. The van der Waals surface area contributed by atoms with Crippen LogP contribution in [0.15, 0.2) is 42.6 Å². The fourth-order valence-corrected chi connectivity index (χ4v) is 3.92. The molecule has 6 nitrogen and oxygen atoms in total. The lowest BCUT2D eigenvalue weighted by molar-refractivity contribution is -0.127. The number of nitrogens with one attached hydrogen (secondary N) is 2. The summed E-state index contributed by atoms with van der Waals surface area (Å²) in [5.74, 6) is -1.48. The lowest BCUT2D eigenvalue weighted by Crippen LogP contribution is -2.46. The monoisotopic (exact) mass is 382 g/mol. The Bertz CT molecular complexity index is 866. The molecule has 3 heterocycles. The highest BCUT2D eigenvalue weighted by Crippen LogP contribution is 2.33. The molecule has 0 spiro atoms. The molecule has 1 fully saturated rings. The maximum atomic E-state index is 13.7. The van der Waals surface area contributed by atoms with Crippen molar-refractivity contribution in [3.8, 4) is 0 Å². The second-order valence-electron chi connectivity index (χ2n) is 7.42. The van der Waals surface area contributed by atoms with E-state index in [-0.39, 0.29) is 24.3 Å². The minimum Gasteiger partial charge on any atom is -0.353 e. The Morgan fingerprint density at radius 3 is 2.82 bits per heavy atom. The summed E-state index contributed by atoms with van der Waals surface area (Å²) in [6.07, 6.45) is 3.52. The van der Waals surface area contributed by atoms with Crippen LogP contribution in [0, 0.1) is 5.82 Å². The molecule has 1 saturated heterocycles. The molecule has 1 unspecified atom stereocenters. The lowest BCUT2D eigenvalue weighted by Gasteiger charge is -2.33. The maximum Gasteiger partial charge on any atom is 0.228 e. The quantitative estimate of drug-likeness (QED) is 0.852. The number of fused-ring (bicyclic) bond motifs is 1. The zero-order valence-electron chi connectivity index (χ0n) is 15.5. The number of aromatic nitrogens is 1. The minimum absolute atomic E-state index is 0.0425. The highest BCUT2D eigenvalue weighted by molar-refractivity contribution is 6.01. The summed E-state index contributed by atoms with van der Waals surface area (Å²) in [4.78, 5) is 31.4. The Kier molecular flexibility index (Phi) is 5.34. The molecule has 1 atom stereocenters. The Morgan fingerprint density at radius 2 is 2.07 bits per heavy atom. The largest absolute Gasteiger partial charge is 0.353 e. The average Bonchev–Trinajstić information content (AvgIpc) is 2.70. The number of amides is 2. The van der Waals surface area contributed by atoms with Crippen LogP contribution < -0.4 is 10.6 Å². The van der Waals surface area contributed by atoms with Crippen molar-refractivity contribution < 1.29 is 14.0 Å². The summed E-state index contributed by atoms with van der Waals surface area (Å²) in [5, 5.41) is 5.78. The summed E-state index contributed by atoms with van der Waals surface area (Å²) in [6.45, 7) is 2.55. The zero-order chi connectivity index (χ0) is 19.5. The number of nitrogens with zero attached hydrogens (tertiary/aromatic N) is 2. The van der Waals surface area contributed by atoms with Gasteiger partial charge < -0.3 is 10.6 Å². The lowest BCUT2D eigenvalue weighted by atomic mass is 9.89. The van der Waals surface area contributed by atoms with Crippen LogP contribution in [0.1, 0.15) is 36.4 Å². The number of benzene rings is 1. The van der Waals surface area contributed by atoms with Gasteiger partial charge in [-0.1, -0.05) is 6.07 Å². The molecule has 146 valence electrons. The number of piperidine rings is 1. The molecule has 0 radical (unpaired) electrons. The van der Waals surface area contributed by atoms with Crippen molar-refractivity contribution in [3.63, 3.8) is 0 Å². The molecule has 1 aromatic heterocycles. The SMILES string of the molecule is O=C1CC(C(=O)NC2CCN(Cc3ccccn3)CC2)c2cc(F)ccc2N1. The van der Waals surface area contributed by atoms with Gasteiger partial charge in [-0.3, -0.25) is 19.5 Å². The summed E-state index contributed by atoms with van der Waals surface area (Å²) in [7, 11) is 0. The van der Waals surface area contributed by atoms with Crippen molar-refractivity contribution in [1.82, 2.24) is 15.2 Å². The molecule has 4 rings (SSSR count). The van der Waals surface area contributed by atoms with Gasteiger partial charge >= 0.3 is 0 Å². The number of halogens is 1. The molecule has 2 aromatic rings. The fraction of sp³-hybridized carbons (Fsp3) is 0.381. The topological polar surface area (TPSA) is 74.3 Å². The minimum atomic E-state index is -0.647. The summed E-state index contributed by atoms with van der Waals surface area (Å²) < 4.78 is 13.7. The van der Waals surface area contributed by atoms with Crippen LogP contribution in [-0.4, -0.2) is 40.8 Å². The van der Waals surface area contributed by atoms with Crippen molar-refractivity contribution in [1.29, 1.82) is 0 Å². The maximum absolute atomic E-state index is 13.7. The van der Waals surface area contributed by atoms with Crippen molar-refractivity contribution in [2.24, 2.45) is 0 Å². The Morgan fingerprint density at radius 1 is 1.25 bits per heavy atom. The Hall–Kier alpha value is -2.80. The molecule has 28 heavy (non-hydrogen) atoms. The van der Waals surface area contributed by atoms with Crippen LogP contribution in [0.25, 0.3) is 0 Å². The third-order valence-corrected chi connectivity index (χ3v) is 5.41. The number of rotatable bonds is 4. The molecule has 2 aliphatic rings. The molecule has 0 aliphatic carbocycles. The molecular weight excluding hydrogens is 359 g/mol. The molecule has 0 saturated carbocycles. The van der Waals surface area contributed by atoms with Crippen LogP contribution in [0.5, 0.6) is 0 Å². The Balaban J connectivity index is 1.35. The first kappa shape index (κ1) is 18.6. The highest BCUT2D eigenvalue weighted by atomic mass is 19.1. The number of likely N-dealkylation sites (tertiary alicyclic amines) is 1. The van der Waals surface area contributed by atoms with Crippen molar-refractivity contribution >= 4 is 17.5 Å². The van der Waals surface area contributed by atoms with Gasteiger partial charge in [-0.2, -0.15) is 0 Å². The predicted octanol–water partition coefficient (Wildman–Crippen LogP) is 2.43. The van der Waals surface area contributed by atoms with Gasteiger partial charge in [-0.25, -0.2) is 4.39 Å². The highest BCUT2D eigenvalue weighted by Gasteiger charge is 2.32. The van der Waals surface area contributed by atoms with Crippen LogP contribution in [0.2, 0.25) is 0 Å². The van der Waals surface area contributed by atoms with E-state index >= 15 is 0 Å². The van der Waals surface area contributed by atoms with Crippen molar-refractivity contribution in [3.05, 3.63) is 59.7 Å². The van der Waals surface area contributed by atoms with Gasteiger partial charge in [0.05, 0.1) is 11.6 Å². The van der Waals surface area contributed by atoms with E-state index in [1.165, 1.54) is 18.2 Å². The third-order valence-electron chi connectivity index (χ3n) is 5.41. The van der Waals surface area contributed by atoms with E-state index in [4.69, 9.17) is 0 Å². The number of hydrogen-bond donors (Lipinski definition) is 2. The average molecular weight is 382 g/mol. The number of hydrogen-bond acceptors (Lipinski definition) is 4. The normalized spacial score (nSPS) is 20.3. The van der Waals surface area contributed by atoms with E-state index in [2.05, 4.69) is 20.5 Å².